The van der Waals surface area contributed by atoms with Gasteiger partial charge in [0.2, 0.25) is 11.6 Å². The van der Waals surface area contributed by atoms with Crippen molar-refractivity contribution >= 4 is 17.3 Å². The number of furan rings is 1. The molecule has 0 amide bonds. The molecule has 2 heterocycles. The Hall–Kier alpha value is -2.64. The lowest BCUT2D eigenvalue weighted by Crippen LogP contribution is -2.09. The van der Waals surface area contributed by atoms with Gasteiger partial charge >= 0.3 is 5.69 Å². The second-order valence-electron chi connectivity index (χ2n) is 3.64. The Bertz CT molecular complexity index is 555. The molecule has 8 nitrogen and oxygen atoms in total. The third-order valence-corrected chi connectivity index (χ3v) is 2.36. The Labute approximate surface area is 109 Å². The molecule has 100 valence electrons. The average Bonchev–Trinajstić information content (AvgIpc) is 2.89. The van der Waals surface area contributed by atoms with Gasteiger partial charge < -0.3 is 15.1 Å². The van der Waals surface area contributed by atoms with Crippen molar-refractivity contribution in [2.45, 2.75) is 13.5 Å². The van der Waals surface area contributed by atoms with E-state index in [9.17, 15) is 10.1 Å². The highest BCUT2D eigenvalue weighted by atomic mass is 16.6. The van der Waals surface area contributed by atoms with Gasteiger partial charge in [0, 0.05) is 6.54 Å². The van der Waals surface area contributed by atoms with E-state index in [0.717, 1.165) is 0 Å². The van der Waals surface area contributed by atoms with E-state index in [1.54, 1.807) is 12.1 Å². The largest absolute Gasteiger partial charge is 0.467 e. The van der Waals surface area contributed by atoms with Crippen molar-refractivity contribution in [3.05, 3.63) is 40.6 Å². The maximum Gasteiger partial charge on any atom is 0.353 e. The van der Waals surface area contributed by atoms with Crippen LogP contribution in [0, 0.1) is 10.1 Å². The molecule has 0 saturated carbocycles. The van der Waals surface area contributed by atoms with Crippen LogP contribution in [0.1, 0.15) is 12.7 Å². The normalized spacial score (nSPS) is 10.2. The van der Waals surface area contributed by atoms with E-state index in [1.165, 1.54) is 12.6 Å². The van der Waals surface area contributed by atoms with E-state index in [-0.39, 0.29) is 17.3 Å². The van der Waals surface area contributed by atoms with Crippen molar-refractivity contribution in [2.24, 2.45) is 0 Å². The van der Waals surface area contributed by atoms with Crippen LogP contribution in [0.15, 0.2) is 29.1 Å². The van der Waals surface area contributed by atoms with Gasteiger partial charge in [0.15, 0.2) is 0 Å². The van der Waals surface area contributed by atoms with Gasteiger partial charge in [0.25, 0.3) is 0 Å². The number of hydrogen-bond acceptors (Lipinski definition) is 7. The first-order chi connectivity index (χ1) is 9.22. The predicted molar refractivity (Wildman–Crippen MR) is 68.9 cm³/mol. The van der Waals surface area contributed by atoms with Gasteiger partial charge in [-0.25, -0.2) is 9.97 Å². The minimum Gasteiger partial charge on any atom is -0.467 e. The van der Waals surface area contributed by atoms with Gasteiger partial charge in [-0.05, 0) is 19.1 Å². The SMILES string of the molecule is CCNc1ncnc(NCc2ccco2)c1[N+](=O)[O-]. The third-order valence-electron chi connectivity index (χ3n) is 2.36. The summed E-state index contributed by atoms with van der Waals surface area (Å²) < 4.78 is 5.14. The molecule has 0 atom stereocenters. The van der Waals surface area contributed by atoms with Crippen molar-refractivity contribution in [1.82, 2.24) is 9.97 Å². The molecule has 0 radical (unpaired) electrons. The topological polar surface area (TPSA) is 106 Å². The summed E-state index contributed by atoms with van der Waals surface area (Å²) in [5, 5.41) is 16.8. The Morgan fingerprint density at radius 1 is 1.37 bits per heavy atom. The van der Waals surface area contributed by atoms with Crippen molar-refractivity contribution in [2.75, 3.05) is 17.2 Å². The van der Waals surface area contributed by atoms with Gasteiger partial charge in [0.05, 0.1) is 17.7 Å². The van der Waals surface area contributed by atoms with Crippen LogP contribution in [0.2, 0.25) is 0 Å². The van der Waals surface area contributed by atoms with Crippen LogP contribution in [0.25, 0.3) is 0 Å². The fourth-order valence-corrected chi connectivity index (χ4v) is 1.56. The molecule has 0 aliphatic rings. The van der Waals surface area contributed by atoms with Crippen LogP contribution in [0.4, 0.5) is 17.3 Å². The second-order valence-corrected chi connectivity index (χ2v) is 3.64. The van der Waals surface area contributed by atoms with Gasteiger partial charge in [-0.3, -0.25) is 10.1 Å². The molecule has 0 bridgehead atoms. The molecule has 19 heavy (non-hydrogen) atoms. The van der Waals surface area contributed by atoms with Crippen LogP contribution >= 0.6 is 0 Å². The summed E-state index contributed by atoms with van der Waals surface area (Å²) >= 11 is 0. The molecule has 2 aromatic heterocycles. The highest BCUT2D eigenvalue weighted by Crippen LogP contribution is 2.28. The smallest absolute Gasteiger partial charge is 0.353 e. The van der Waals surface area contributed by atoms with Crippen molar-refractivity contribution in [3.63, 3.8) is 0 Å². The summed E-state index contributed by atoms with van der Waals surface area (Å²) in [5.74, 6) is 1.02. The summed E-state index contributed by atoms with van der Waals surface area (Å²) in [7, 11) is 0. The minimum absolute atomic E-state index is 0.160. The predicted octanol–water partition coefficient (Wildman–Crippen LogP) is 2.02. The first-order valence-corrected chi connectivity index (χ1v) is 5.72. The van der Waals surface area contributed by atoms with Crippen LogP contribution in [-0.4, -0.2) is 21.4 Å². The molecular weight excluding hydrogens is 250 g/mol. The van der Waals surface area contributed by atoms with E-state index < -0.39 is 4.92 Å². The molecule has 0 spiro atoms. The van der Waals surface area contributed by atoms with Crippen molar-refractivity contribution in [3.8, 4) is 0 Å². The fraction of sp³-hybridized carbons (Fsp3) is 0.273. The zero-order chi connectivity index (χ0) is 13.7. The molecule has 0 aliphatic heterocycles. The lowest BCUT2D eigenvalue weighted by molar-refractivity contribution is -0.383. The minimum atomic E-state index is -0.511. The molecule has 8 heteroatoms. The Morgan fingerprint density at radius 2 is 2.11 bits per heavy atom. The van der Waals surface area contributed by atoms with Crippen LogP contribution in [0.5, 0.6) is 0 Å². The van der Waals surface area contributed by atoms with Crippen LogP contribution in [0.3, 0.4) is 0 Å². The Balaban J connectivity index is 2.23. The van der Waals surface area contributed by atoms with E-state index in [4.69, 9.17) is 4.42 Å². The highest BCUT2D eigenvalue weighted by molar-refractivity contribution is 5.69. The Morgan fingerprint density at radius 3 is 2.68 bits per heavy atom. The number of hydrogen-bond donors (Lipinski definition) is 2. The maximum atomic E-state index is 11.1. The van der Waals surface area contributed by atoms with E-state index in [2.05, 4.69) is 20.6 Å². The number of nitrogens with one attached hydrogen (secondary N) is 2. The third kappa shape index (κ3) is 2.97. The monoisotopic (exact) mass is 263 g/mol. The number of nitro groups is 1. The summed E-state index contributed by atoms with van der Waals surface area (Å²) in [5.41, 5.74) is -0.170. The summed E-state index contributed by atoms with van der Waals surface area (Å²) in [6, 6.07) is 3.51. The lowest BCUT2D eigenvalue weighted by Gasteiger charge is -2.07. The molecule has 2 aromatic rings. The molecule has 2 rings (SSSR count). The first-order valence-electron chi connectivity index (χ1n) is 5.72. The van der Waals surface area contributed by atoms with Crippen LogP contribution in [-0.2, 0) is 6.54 Å². The molecule has 0 saturated heterocycles. The van der Waals surface area contributed by atoms with Gasteiger partial charge in [-0.15, -0.1) is 0 Å². The summed E-state index contributed by atoms with van der Waals surface area (Å²) in [6.45, 7) is 2.69. The second kappa shape index (κ2) is 5.80. The molecule has 0 aliphatic carbocycles. The molecule has 0 unspecified atom stereocenters. The number of rotatable bonds is 6. The molecule has 2 N–H and O–H groups in total. The number of anilines is 2. The molecular formula is C11H13N5O3. The highest BCUT2D eigenvalue weighted by Gasteiger charge is 2.22. The van der Waals surface area contributed by atoms with Crippen molar-refractivity contribution in [1.29, 1.82) is 0 Å². The average molecular weight is 263 g/mol. The standard InChI is InChI=1S/C11H13N5O3/c1-2-12-10-9(16(17)18)11(15-7-14-10)13-6-8-4-3-5-19-8/h3-5,7H,2,6H2,1H3,(H2,12,13,14,15). The maximum absolute atomic E-state index is 11.1. The molecule has 0 fully saturated rings. The zero-order valence-electron chi connectivity index (χ0n) is 10.3. The van der Waals surface area contributed by atoms with Gasteiger partial charge in [0.1, 0.15) is 12.1 Å². The number of aromatic nitrogens is 2. The van der Waals surface area contributed by atoms with E-state index in [1.807, 2.05) is 6.92 Å². The van der Waals surface area contributed by atoms with Crippen molar-refractivity contribution < 1.29 is 9.34 Å². The van der Waals surface area contributed by atoms with Gasteiger partial charge in [-0.1, -0.05) is 0 Å². The fourth-order valence-electron chi connectivity index (χ4n) is 1.56. The Kier molecular flexibility index (Phi) is 3.91. The summed E-state index contributed by atoms with van der Waals surface area (Å²) in [6.07, 6.45) is 2.81. The zero-order valence-corrected chi connectivity index (χ0v) is 10.3. The quantitative estimate of drug-likeness (QED) is 0.606. The summed E-state index contributed by atoms with van der Waals surface area (Å²) in [4.78, 5) is 18.4. The first kappa shape index (κ1) is 12.8. The van der Waals surface area contributed by atoms with Gasteiger partial charge in [-0.2, -0.15) is 0 Å². The number of nitrogens with zero attached hydrogens (tertiary/aromatic N) is 3. The lowest BCUT2D eigenvalue weighted by atomic mass is 10.4. The molecule has 0 aromatic carbocycles. The van der Waals surface area contributed by atoms with Crippen LogP contribution < -0.4 is 10.6 Å². The van der Waals surface area contributed by atoms with E-state index in [0.29, 0.717) is 18.8 Å². The van der Waals surface area contributed by atoms with E-state index >= 15 is 0 Å².